The molecule has 66 heavy (non-hydrogen) atoms. The second-order valence-corrected chi connectivity index (χ2v) is 18.9. The Morgan fingerprint density at radius 1 is 0.864 bits per heavy atom. The molecule has 1 unspecified atom stereocenters. The lowest BCUT2D eigenvalue weighted by Gasteiger charge is -2.43. The van der Waals surface area contributed by atoms with E-state index in [1.807, 2.05) is 46.2 Å². The normalized spacial score (nSPS) is 19.9. The highest BCUT2D eigenvalue weighted by atomic mass is 32.2. The fourth-order valence-electron chi connectivity index (χ4n) is 9.73. The Hall–Kier alpha value is -5.65. The molecule has 0 saturated carbocycles. The first-order valence-electron chi connectivity index (χ1n) is 23.6. The average molecular weight is 920 g/mol. The number of aromatic nitrogens is 2. The molecule has 0 bridgehead atoms. The summed E-state index contributed by atoms with van der Waals surface area (Å²) < 4.78 is 5.81. The molecule has 5 aliphatic rings. The number of unbranched alkanes of at least 4 members (excludes halogenated alkanes) is 1. The summed E-state index contributed by atoms with van der Waals surface area (Å²) in [4.78, 5) is 95.7. The lowest BCUT2D eigenvalue weighted by atomic mass is 9.91. The van der Waals surface area contributed by atoms with Gasteiger partial charge in [-0.3, -0.25) is 44.0 Å². The summed E-state index contributed by atoms with van der Waals surface area (Å²) in [5.74, 6) is 1.13. The lowest BCUT2D eigenvalue weighted by molar-refractivity contribution is -0.138. The van der Waals surface area contributed by atoms with Gasteiger partial charge in [-0.25, -0.2) is 4.98 Å². The monoisotopic (exact) mass is 919 g/mol. The molecule has 350 valence electrons. The Kier molecular flexibility index (Phi) is 16.1. The van der Waals surface area contributed by atoms with Gasteiger partial charge in [0.25, 0.3) is 11.8 Å². The first-order chi connectivity index (χ1) is 32.2. The minimum atomic E-state index is -0.650. The Bertz CT molecular complexity index is 2220. The van der Waals surface area contributed by atoms with Crippen LogP contribution >= 0.6 is 11.8 Å². The van der Waals surface area contributed by atoms with Crippen LogP contribution in [0.5, 0.6) is 0 Å². The van der Waals surface area contributed by atoms with Crippen molar-refractivity contribution in [2.24, 2.45) is 5.92 Å². The van der Waals surface area contributed by atoms with Crippen LogP contribution in [0.15, 0.2) is 72.0 Å². The van der Waals surface area contributed by atoms with Crippen molar-refractivity contribution >= 4 is 59.1 Å². The van der Waals surface area contributed by atoms with E-state index in [0.29, 0.717) is 68.0 Å². The van der Waals surface area contributed by atoms with Gasteiger partial charge < -0.3 is 29.7 Å². The number of pyridine rings is 2. The van der Waals surface area contributed by atoms with Crippen molar-refractivity contribution in [2.45, 2.75) is 81.3 Å². The minimum Gasteiger partial charge on any atom is -0.371 e. The number of amides is 6. The van der Waals surface area contributed by atoms with Crippen molar-refractivity contribution in [2.75, 3.05) is 82.8 Å². The predicted molar refractivity (Wildman–Crippen MR) is 250 cm³/mol. The number of likely N-dealkylation sites (tertiary alicyclic amines) is 1. The van der Waals surface area contributed by atoms with Gasteiger partial charge >= 0.3 is 0 Å². The molecule has 16 nitrogen and oxygen atoms in total. The van der Waals surface area contributed by atoms with Crippen LogP contribution in [-0.2, 0) is 30.5 Å². The fraction of sp³-hybridized carbons (Fsp3) is 0.510. The Labute approximate surface area is 390 Å². The lowest BCUT2D eigenvalue weighted by Crippen LogP contribution is -2.55. The molecule has 0 radical (unpaired) electrons. The number of hydrogen-bond donors (Lipinski definition) is 2. The summed E-state index contributed by atoms with van der Waals surface area (Å²) in [6.07, 6.45) is 16.1. The topological polar surface area (TPSA) is 178 Å². The number of hydrogen-bond acceptors (Lipinski definition) is 12. The molecular formula is C49H61N9O7S. The van der Waals surface area contributed by atoms with Gasteiger partial charge in [0, 0.05) is 119 Å². The number of fused-ring (bicyclic) bond motifs is 1. The zero-order chi connectivity index (χ0) is 45.8. The fourth-order valence-corrected chi connectivity index (χ4v) is 10.7. The smallest absolute Gasteiger partial charge is 0.255 e. The number of anilines is 1. The van der Waals surface area contributed by atoms with Crippen LogP contribution in [0.3, 0.4) is 0 Å². The molecule has 1 atom stereocenters. The number of carbonyl (C=O) groups is 6. The largest absolute Gasteiger partial charge is 0.371 e. The van der Waals surface area contributed by atoms with Gasteiger partial charge in [-0.05, 0) is 92.0 Å². The molecule has 2 N–H and O–H groups in total. The molecule has 0 spiro atoms. The molecule has 8 rings (SSSR count). The maximum atomic E-state index is 13.4. The van der Waals surface area contributed by atoms with Crippen LogP contribution in [0.25, 0.3) is 6.08 Å². The van der Waals surface area contributed by atoms with Gasteiger partial charge in [-0.2, -0.15) is 0 Å². The van der Waals surface area contributed by atoms with Crippen molar-refractivity contribution < 1.29 is 33.5 Å². The summed E-state index contributed by atoms with van der Waals surface area (Å²) in [5.41, 5.74) is 3.00. The van der Waals surface area contributed by atoms with E-state index in [0.717, 1.165) is 106 Å². The molecular weight excluding hydrogens is 859 g/mol. The third kappa shape index (κ3) is 12.0. The molecule has 0 aliphatic carbocycles. The van der Waals surface area contributed by atoms with E-state index in [1.165, 1.54) is 0 Å². The number of nitrogens with zero attached hydrogens (tertiary/aromatic N) is 7. The maximum Gasteiger partial charge on any atom is 0.255 e. The number of carbonyl (C=O) groups excluding carboxylic acids is 6. The summed E-state index contributed by atoms with van der Waals surface area (Å²) in [7, 11) is 0. The van der Waals surface area contributed by atoms with E-state index < -0.39 is 11.9 Å². The van der Waals surface area contributed by atoms with E-state index >= 15 is 0 Å². The number of thioether (sulfide) groups is 1. The highest BCUT2D eigenvalue weighted by molar-refractivity contribution is 7.99. The quantitative estimate of drug-likeness (QED) is 0.0863. The number of nitrogens with one attached hydrogen (secondary N) is 2. The van der Waals surface area contributed by atoms with Gasteiger partial charge in [0.05, 0.1) is 12.2 Å². The van der Waals surface area contributed by atoms with E-state index in [4.69, 9.17) is 9.72 Å². The summed E-state index contributed by atoms with van der Waals surface area (Å²) in [6.45, 7) is 7.69. The molecule has 3 aromatic rings. The molecule has 7 heterocycles. The van der Waals surface area contributed by atoms with Gasteiger partial charge in [0.2, 0.25) is 23.6 Å². The van der Waals surface area contributed by atoms with Crippen molar-refractivity contribution in [1.29, 1.82) is 0 Å². The van der Waals surface area contributed by atoms with Crippen LogP contribution in [-0.4, -0.2) is 155 Å². The predicted octanol–water partition coefficient (Wildman–Crippen LogP) is 4.01. The van der Waals surface area contributed by atoms with Crippen LogP contribution in [0.4, 0.5) is 5.82 Å². The molecule has 5 aliphatic heterocycles. The SMILES string of the molecule is O=C(/C=C/c1cccnc1)NCCCCC1CCN(C(=O)c2ccc(N3CCC(N4CCN(C(=O)COCCSc5cccc6c5CN(C5CCC(=O)NC5=O)C6=O)CC4)CC3)nc2)CC1. The molecule has 4 saturated heterocycles. The van der Waals surface area contributed by atoms with E-state index in [2.05, 4.69) is 25.4 Å². The van der Waals surface area contributed by atoms with Crippen LogP contribution in [0.1, 0.15) is 89.6 Å². The number of piperazine rings is 1. The zero-order valence-electron chi connectivity index (χ0n) is 37.6. The van der Waals surface area contributed by atoms with Gasteiger partial charge in [-0.1, -0.05) is 25.0 Å². The maximum absolute atomic E-state index is 13.4. The standard InChI is InChI=1S/C49H61N9O7S/c59-44(13-9-36-6-4-19-50-31-36)51-20-2-1-5-35-15-21-57(22-16-35)48(63)37-10-12-43(52-32-37)55-23-17-38(18-24-55)54-25-27-56(28-26-54)46(61)34-65-29-30-66-42-8-3-7-39-40(42)33-58(49(39)64)41-11-14-45(60)53-47(41)62/h3-4,6-10,12-13,19,31-32,35,38,41H,1-2,5,11,14-18,20-30,33-34H2,(H,51,59)(H,53,60,62)/b13-9+. The average Bonchev–Trinajstić information content (AvgIpc) is 3.69. The molecule has 6 amide bonds. The van der Waals surface area contributed by atoms with Gasteiger partial charge in [0.15, 0.2) is 0 Å². The zero-order valence-corrected chi connectivity index (χ0v) is 38.4. The molecule has 1 aromatic carbocycles. The second kappa shape index (κ2) is 22.7. The number of rotatable bonds is 17. The van der Waals surface area contributed by atoms with Crippen LogP contribution in [0.2, 0.25) is 0 Å². The number of ether oxygens (including phenoxy) is 1. The van der Waals surface area contributed by atoms with Crippen LogP contribution in [0, 0.1) is 5.92 Å². The summed E-state index contributed by atoms with van der Waals surface area (Å²) in [5, 5.41) is 5.31. The van der Waals surface area contributed by atoms with E-state index in [-0.39, 0.29) is 42.6 Å². The molecule has 17 heteroatoms. The van der Waals surface area contributed by atoms with Crippen molar-refractivity contribution in [3.8, 4) is 0 Å². The van der Waals surface area contributed by atoms with Gasteiger partial charge in [0.1, 0.15) is 18.5 Å². The first kappa shape index (κ1) is 46.9. The molecule has 4 fully saturated rings. The first-order valence-corrected chi connectivity index (χ1v) is 24.5. The van der Waals surface area contributed by atoms with E-state index in [1.54, 1.807) is 53.5 Å². The minimum absolute atomic E-state index is 0.00404. The summed E-state index contributed by atoms with van der Waals surface area (Å²) >= 11 is 1.57. The Morgan fingerprint density at radius 3 is 2.42 bits per heavy atom. The van der Waals surface area contributed by atoms with Crippen molar-refractivity contribution in [1.82, 2.24) is 40.2 Å². The molecule has 2 aromatic heterocycles. The Balaban J connectivity index is 0.671. The second-order valence-electron chi connectivity index (χ2n) is 17.8. The summed E-state index contributed by atoms with van der Waals surface area (Å²) in [6, 6.07) is 13.0. The third-order valence-electron chi connectivity index (χ3n) is 13.6. The highest BCUT2D eigenvalue weighted by Crippen LogP contribution is 2.34. The number of imide groups is 1. The van der Waals surface area contributed by atoms with Gasteiger partial charge in [-0.15, -0.1) is 11.8 Å². The third-order valence-corrected chi connectivity index (χ3v) is 14.6. The van der Waals surface area contributed by atoms with Crippen molar-refractivity contribution in [3.05, 3.63) is 89.4 Å². The van der Waals surface area contributed by atoms with Crippen LogP contribution < -0.4 is 15.5 Å². The number of benzene rings is 1. The Morgan fingerprint density at radius 2 is 1.68 bits per heavy atom. The number of piperidine rings is 3. The van der Waals surface area contributed by atoms with Crippen molar-refractivity contribution in [3.63, 3.8) is 0 Å². The van der Waals surface area contributed by atoms with E-state index in [9.17, 15) is 28.8 Å². The highest BCUT2D eigenvalue weighted by Gasteiger charge is 2.40.